The van der Waals surface area contributed by atoms with Crippen molar-refractivity contribution in [2.45, 2.75) is 52.5 Å². The van der Waals surface area contributed by atoms with Crippen molar-refractivity contribution in [1.82, 2.24) is 25.3 Å². The van der Waals surface area contributed by atoms with E-state index in [2.05, 4.69) is 60.1 Å². The fourth-order valence-corrected chi connectivity index (χ4v) is 4.02. The summed E-state index contributed by atoms with van der Waals surface area (Å²) in [6, 6.07) is 0. The van der Waals surface area contributed by atoms with Crippen LogP contribution in [0.25, 0.3) is 0 Å². The average Bonchev–Trinajstić information content (AvgIpc) is 2.66. The summed E-state index contributed by atoms with van der Waals surface area (Å²) in [7, 11) is 2.22. The maximum absolute atomic E-state index is 4.92. The van der Waals surface area contributed by atoms with Crippen LogP contribution in [-0.4, -0.2) is 98.7 Å². The van der Waals surface area contributed by atoms with Crippen LogP contribution in [0.3, 0.4) is 0 Å². The van der Waals surface area contributed by atoms with Crippen molar-refractivity contribution < 1.29 is 0 Å². The van der Waals surface area contributed by atoms with Gasteiger partial charge in [0.2, 0.25) is 0 Å². The number of rotatable bonds is 8. The van der Waals surface area contributed by atoms with E-state index in [1.165, 1.54) is 65.1 Å². The van der Waals surface area contributed by atoms with Crippen LogP contribution >= 0.6 is 0 Å². The van der Waals surface area contributed by atoms with Crippen LogP contribution in [-0.2, 0) is 0 Å². The molecule has 6 nitrogen and oxygen atoms in total. The molecule has 1 unspecified atom stereocenters. The Kier molecular flexibility index (Phi) is 9.33. The summed E-state index contributed by atoms with van der Waals surface area (Å²) in [5, 5.41) is 7.00. The Morgan fingerprint density at radius 1 is 1.00 bits per heavy atom. The van der Waals surface area contributed by atoms with Gasteiger partial charge in [-0.3, -0.25) is 9.89 Å². The number of guanidine groups is 1. The summed E-state index contributed by atoms with van der Waals surface area (Å²) in [6.07, 6.45) is 4.04. The molecule has 2 aliphatic heterocycles. The number of piperazine rings is 1. The summed E-state index contributed by atoms with van der Waals surface area (Å²) in [5.74, 6) is 1.58. The Balaban J connectivity index is 1.78. The van der Waals surface area contributed by atoms with Crippen LogP contribution in [0.4, 0.5) is 0 Å². The molecule has 0 radical (unpaired) electrons. The van der Waals surface area contributed by atoms with E-state index >= 15 is 0 Å². The minimum Gasteiger partial charge on any atom is -0.357 e. The standard InChI is InChI=1S/C21H44N6/c1-6-22-20(24-18-21(3,4)27-10-8-7-9-11-27)23-16-19(2)17-26-14-12-25(5)13-15-26/h19H,6-18H2,1-5H3,(H2,22,23,24). The first-order valence-corrected chi connectivity index (χ1v) is 11.1. The lowest BCUT2D eigenvalue weighted by Gasteiger charge is -2.40. The Morgan fingerprint density at radius 3 is 2.30 bits per heavy atom. The first-order valence-electron chi connectivity index (χ1n) is 11.1. The summed E-state index contributed by atoms with van der Waals surface area (Å²) >= 11 is 0. The highest BCUT2D eigenvalue weighted by Crippen LogP contribution is 2.20. The Morgan fingerprint density at radius 2 is 1.67 bits per heavy atom. The van der Waals surface area contributed by atoms with Crippen molar-refractivity contribution in [2.24, 2.45) is 10.9 Å². The summed E-state index contributed by atoms with van der Waals surface area (Å²) < 4.78 is 0. The van der Waals surface area contributed by atoms with Gasteiger partial charge in [0, 0.05) is 51.4 Å². The number of hydrogen-bond donors (Lipinski definition) is 2. The number of likely N-dealkylation sites (tertiary alicyclic amines) is 1. The van der Waals surface area contributed by atoms with E-state index in [1.807, 2.05) is 0 Å². The third-order valence-corrected chi connectivity index (χ3v) is 5.96. The third kappa shape index (κ3) is 7.96. The van der Waals surface area contributed by atoms with E-state index < -0.39 is 0 Å². The molecule has 0 aromatic carbocycles. The van der Waals surface area contributed by atoms with Gasteiger partial charge in [0.05, 0.1) is 6.54 Å². The highest BCUT2D eigenvalue weighted by molar-refractivity contribution is 5.79. The lowest BCUT2D eigenvalue weighted by molar-refractivity contribution is 0.102. The molecular formula is C21H44N6. The van der Waals surface area contributed by atoms with E-state index in [0.29, 0.717) is 5.92 Å². The predicted molar refractivity (Wildman–Crippen MR) is 117 cm³/mol. The fraction of sp³-hybridized carbons (Fsp3) is 0.952. The number of piperidine rings is 1. The fourth-order valence-electron chi connectivity index (χ4n) is 4.02. The largest absolute Gasteiger partial charge is 0.357 e. The molecule has 0 aliphatic carbocycles. The molecule has 2 N–H and O–H groups in total. The van der Waals surface area contributed by atoms with Gasteiger partial charge >= 0.3 is 0 Å². The number of nitrogens with zero attached hydrogens (tertiary/aromatic N) is 4. The molecule has 0 spiro atoms. The highest BCUT2D eigenvalue weighted by Gasteiger charge is 2.27. The Labute approximate surface area is 167 Å². The molecule has 0 amide bonds. The van der Waals surface area contributed by atoms with Crippen molar-refractivity contribution in [3.63, 3.8) is 0 Å². The summed E-state index contributed by atoms with van der Waals surface area (Å²) in [5.41, 5.74) is 0.133. The van der Waals surface area contributed by atoms with E-state index in [9.17, 15) is 0 Å². The molecule has 1 atom stereocenters. The van der Waals surface area contributed by atoms with Crippen LogP contribution in [0.5, 0.6) is 0 Å². The van der Waals surface area contributed by atoms with Gasteiger partial charge in [-0.1, -0.05) is 13.3 Å². The average molecular weight is 381 g/mol. The molecule has 2 aliphatic rings. The van der Waals surface area contributed by atoms with Crippen molar-refractivity contribution >= 4 is 5.96 Å². The van der Waals surface area contributed by atoms with E-state index in [4.69, 9.17) is 4.99 Å². The Bertz CT molecular complexity index is 436. The number of nitrogens with one attached hydrogen (secondary N) is 2. The molecular weight excluding hydrogens is 336 g/mol. The number of likely N-dealkylation sites (N-methyl/N-ethyl adjacent to an activating group) is 1. The lowest BCUT2D eigenvalue weighted by atomic mass is 9.99. The first kappa shape index (κ1) is 22.4. The molecule has 2 fully saturated rings. The highest BCUT2D eigenvalue weighted by atomic mass is 15.3. The lowest BCUT2D eigenvalue weighted by Crippen LogP contribution is -2.50. The second kappa shape index (κ2) is 11.2. The van der Waals surface area contributed by atoms with Crippen molar-refractivity contribution in [2.75, 3.05) is 72.5 Å². The van der Waals surface area contributed by atoms with Crippen molar-refractivity contribution in [3.05, 3.63) is 0 Å². The normalized spacial score (nSPS) is 22.6. The molecule has 0 aromatic heterocycles. The predicted octanol–water partition coefficient (Wildman–Crippen LogP) is 1.69. The van der Waals surface area contributed by atoms with Gasteiger partial charge in [-0.25, -0.2) is 0 Å². The molecule has 6 heteroatoms. The molecule has 2 rings (SSSR count). The van der Waals surface area contributed by atoms with Gasteiger partial charge in [0.1, 0.15) is 0 Å². The van der Waals surface area contributed by atoms with Crippen LogP contribution in [0.2, 0.25) is 0 Å². The quantitative estimate of drug-likeness (QED) is 0.496. The zero-order chi connectivity index (χ0) is 19.7. The van der Waals surface area contributed by atoms with Gasteiger partial charge in [-0.05, 0) is 59.7 Å². The van der Waals surface area contributed by atoms with Gasteiger partial charge in [0.25, 0.3) is 0 Å². The van der Waals surface area contributed by atoms with Crippen LogP contribution < -0.4 is 10.6 Å². The van der Waals surface area contributed by atoms with E-state index in [1.54, 1.807) is 0 Å². The zero-order valence-electron chi connectivity index (χ0n) is 18.6. The second-order valence-corrected chi connectivity index (χ2v) is 9.15. The van der Waals surface area contributed by atoms with Gasteiger partial charge < -0.3 is 20.4 Å². The third-order valence-electron chi connectivity index (χ3n) is 5.96. The van der Waals surface area contributed by atoms with Gasteiger partial charge in [-0.2, -0.15) is 0 Å². The van der Waals surface area contributed by atoms with Crippen LogP contribution in [0.15, 0.2) is 4.99 Å². The number of hydrogen-bond acceptors (Lipinski definition) is 4. The first-order chi connectivity index (χ1) is 12.9. The van der Waals surface area contributed by atoms with Gasteiger partial charge in [-0.15, -0.1) is 0 Å². The Hall–Kier alpha value is -0.850. The molecule has 2 saturated heterocycles. The second-order valence-electron chi connectivity index (χ2n) is 9.15. The molecule has 0 saturated carbocycles. The molecule has 2 heterocycles. The SMILES string of the molecule is CCNC(=NCC(C)(C)N1CCCCC1)NCC(C)CN1CCN(C)CC1. The monoisotopic (exact) mass is 380 g/mol. The van der Waals surface area contributed by atoms with Crippen LogP contribution in [0, 0.1) is 5.92 Å². The van der Waals surface area contributed by atoms with Crippen LogP contribution in [0.1, 0.15) is 47.0 Å². The molecule has 27 heavy (non-hydrogen) atoms. The summed E-state index contributed by atoms with van der Waals surface area (Å²) in [6.45, 7) is 20.2. The smallest absolute Gasteiger partial charge is 0.191 e. The summed E-state index contributed by atoms with van der Waals surface area (Å²) in [4.78, 5) is 12.5. The molecule has 0 bridgehead atoms. The maximum Gasteiger partial charge on any atom is 0.191 e. The van der Waals surface area contributed by atoms with E-state index in [0.717, 1.165) is 25.6 Å². The topological polar surface area (TPSA) is 46.1 Å². The van der Waals surface area contributed by atoms with Crippen molar-refractivity contribution in [1.29, 1.82) is 0 Å². The molecule has 158 valence electrons. The molecule has 0 aromatic rings. The van der Waals surface area contributed by atoms with Crippen molar-refractivity contribution in [3.8, 4) is 0 Å². The van der Waals surface area contributed by atoms with E-state index in [-0.39, 0.29) is 5.54 Å². The minimum absolute atomic E-state index is 0.133. The minimum atomic E-state index is 0.133. The van der Waals surface area contributed by atoms with Gasteiger partial charge in [0.15, 0.2) is 5.96 Å². The zero-order valence-corrected chi connectivity index (χ0v) is 18.6. The number of aliphatic imine (C=N–C) groups is 1. The maximum atomic E-state index is 4.92.